The fourth-order valence-electron chi connectivity index (χ4n) is 3.92. The van der Waals surface area contributed by atoms with Gasteiger partial charge in [0, 0.05) is 29.4 Å². The first-order valence-electron chi connectivity index (χ1n) is 11.2. The molecular weight excluding hydrogens is 490 g/mol. The third-order valence-corrected chi connectivity index (χ3v) is 5.37. The first-order chi connectivity index (χ1) is 17.0. The maximum Gasteiger partial charge on any atom is 0.573 e. The Morgan fingerprint density at radius 1 is 0.750 bits per heavy atom. The molecule has 2 aromatic carbocycles. The zero-order valence-corrected chi connectivity index (χ0v) is 18.8. The van der Waals surface area contributed by atoms with Crippen LogP contribution in [-0.2, 0) is 0 Å². The summed E-state index contributed by atoms with van der Waals surface area (Å²) < 4.78 is 83.9. The molecule has 1 aliphatic rings. The minimum absolute atomic E-state index is 0.130. The van der Waals surface area contributed by atoms with Gasteiger partial charge in [-0.05, 0) is 37.1 Å². The van der Waals surface area contributed by atoms with E-state index < -0.39 is 24.2 Å². The van der Waals surface area contributed by atoms with Crippen molar-refractivity contribution in [2.24, 2.45) is 0 Å². The molecule has 1 aliphatic carbocycles. The number of benzene rings is 2. The SMILES string of the molecule is FC(F)(F)Oc1cccc(Nc2cc(-c3cccc(OC(F)(F)F)c3)nc(NC3CCCCC3)n2)c1. The van der Waals surface area contributed by atoms with Crippen LogP contribution >= 0.6 is 0 Å². The molecule has 2 N–H and O–H groups in total. The van der Waals surface area contributed by atoms with Crippen molar-refractivity contribution in [1.82, 2.24) is 9.97 Å². The molecule has 0 spiro atoms. The summed E-state index contributed by atoms with van der Waals surface area (Å²) in [6, 6.07) is 12.2. The van der Waals surface area contributed by atoms with E-state index in [1.54, 1.807) is 6.07 Å². The largest absolute Gasteiger partial charge is 0.573 e. The van der Waals surface area contributed by atoms with E-state index in [9.17, 15) is 26.3 Å². The van der Waals surface area contributed by atoms with E-state index in [1.165, 1.54) is 36.4 Å². The van der Waals surface area contributed by atoms with Gasteiger partial charge < -0.3 is 20.1 Å². The topological polar surface area (TPSA) is 68.3 Å². The zero-order chi connectivity index (χ0) is 25.8. The summed E-state index contributed by atoms with van der Waals surface area (Å²) in [5.74, 6) is -0.359. The van der Waals surface area contributed by atoms with Gasteiger partial charge in [0.2, 0.25) is 5.95 Å². The predicted octanol–water partition coefficient (Wildman–Crippen LogP) is 7.43. The molecule has 0 saturated heterocycles. The van der Waals surface area contributed by atoms with E-state index >= 15 is 0 Å². The van der Waals surface area contributed by atoms with Crippen molar-refractivity contribution in [1.29, 1.82) is 0 Å². The summed E-state index contributed by atoms with van der Waals surface area (Å²) in [6.07, 6.45) is -4.63. The average Bonchev–Trinajstić information content (AvgIpc) is 2.78. The molecule has 6 nitrogen and oxygen atoms in total. The van der Waals surface area contributed by atoms with E-state index in [1.807, 2.05) is 0 Å². The molecule has 0 bridgehead atoms. The van der Waals surface area contributed by atoms with Crippen LogP contribution in [0.3, 0.4) is 0 Å². The summed E-state index contributed by atoms with van der Waals surface area (Å²) in [7, 11) is 0. The number of nitrogens with zero attached hydrogens (tertiary/aromatic N) is 2. The highest BCUT2D eigenvalue weighted by Crippen LogP contribution is 2.31. The predicted molar refractivity (Wildman–Crippen MR) is 121 cm³/mol. The second-order valence-electron chi connectivity index (χ2n) is 8.22. The highest BCUT2D eigenvalue weighted by atomic mass is 19.4. The summed E-state index contributed by atoms with van der Waals surface area (Å²) in [5.41, 5.74) is 0.892. The van der Waals surface area contributed by atoms with Gasteiger partial charge in [-0.2, -0.15) is 4.98 Å². The lowest BCUT2D eigenvalue weighted by Crippen LogP contribution is -2.23. The van der Waals surface area contributed by atoms with Gasteiger partial charge in [0.25, 0.3) is 0 Å². The van der Waals surface area contributed by atoms with Crippen molar-refractivity contribution in [2.75, 3.05) is 10.6 Å². The lowest BCUT2D eigenvalue weighted by Gasteiger charge is -2.23. The maximum atomic E-state index is 12.7. The van der Waals surface area contributed by atoms with Crippen LogP contribution in [-0.4, -0.2) is 28.7 Å². The molecule has 3 aromatic rings. The lowest BCUT2D eigenvalue weighted by molar-refractivity contribution is -0.275. The lowest BCUT2D eigenvalue weighted by atomic mass is 9.96. The molecule has 1 heterocycles. The molecule has 12 heteroatoms. The van der Waals surface area contributed by atoms with Gasteiger partial charge in [-0.1, -0.05) is 37.5 Å². The number of alkyl halides is 6. The van der Waals surface area contributed by atoms with Crippen molar-refractivity contribution in [3.8, 4) is 22.8 Å². The summed E-state index contributed by atoms with van der Waals surface area (Å²) in [5, 5.41) is 6.19. The number of anilines is 3. The van der Waals surface area contributed by atoms with E-state index in [0.717, 1.165) is 44.2 Å². The number of halogens is 6. The van der Waals surface area contributed by atoms with E-state index in [2.05, 4.69) is 30.1 Å². The normalized spacial score (nSPS) is 14.8. The Morgan fingerprint density at radius 3 is 2.06 bits per heavy atom. The fraction of sp³-hybridized carbons (Fsp3) is 0.333. The van der Waals surface area contributed by atoms with Crippen LogP contribution in [0.4, 0.5) is 43.8 Å². The van der Waals surface area contributed by atoms with Crippen LogP contribution in [0.25, 0.3) is 11.3 Å². The van der Waals surface area contributed by atoms with Gasteiger partial charge >= 0.3 is 12.7 Å². The Balaban J connectivity index is 1.65. The van der Waals surface area contributed by atoms with Gasteiger partial charge in [0.05, 0.1) is 5.69 Å². The monoisotopic (exact) mass is 512 g/mol. The number of hydrogen-bond acceptors (Lipinski definition) is 6. The third kappa shape index (κ3) is 7.65. The molecule has 0 amide bonds. The highest BCUT2D eigenvalue weighted by Gasteiger charge is 2.32. The summed E-state index contributed by atoms with van der Waals surface area (Å²) >= 11 is 0. The first kappa shape index (κ1) is 25.4. The van der Waals surface area contributed by atoms with Crippen LogP contribution in [0.1, 0.15) is 32.1 Å². The number of ether oxygens (including phenoxy) is 2. The summed E-state index contributed by atoms with van der Waals surface area (Å²) in [6.45, 7) is 0. The van der Waals surface area contributed by atoms with Crippen molar-refractivity contribution in [3.63, 3.8) is 0 Å². The third-order valence-electron chi connectivity index (χ3n) is 5.37. The number of hydrogen-bond donors (Lipinski definition) is 2. The van der Waals surface area contributed by atoms with Crippen LogP contribution in [0.2, 0.25) is 0 Å². The van der Waals surface area contributed by atoms with Crippen molar-refractivity contribution in [2.45, 2.75) is 50.9 Å². The standard InChI is InChI=1S/C24H22F6N4O2/c25-23(26,27)35-18-10-4-6-15(12-18)20-14-21(34-22(33-20)32-16-7-2-1-3-8-16)31-17-9-5-11-19(13-17)36-24(28,29)30/h4-6,9-14,16H,1-3,7-8H2,(H2,31,32,33,34). The quantitative estimate of drug-likeness (QED) is 0.321. The van der Waals surface area contributed by atoms with Gasteiger partial charge in [-0.25, -0.2) is 4.98 Å². The Morgan fingerprint density at radius 2 is 1.39 bits per heavy atom. The Labute approximate surface area is 202 Å². The van der Waals surface area contributed by atoms with Crippen LogP contribution in [0.5, 0.6) is 11.5 Å². The van der Waals surface area contributed by atoms with Crippen molar-refractivity contribution >= 4 is 17.5 Å². The molecule has 0 aliphatic heterocycles. The molecule has 0 radical (unpaired) electrons. The highest BCUT2D eigenvalue weighted by molar-refractivity contribution is 5.68. The molecular formula is C24H22F6N4O2. The molecule has 0 atom stereocenters. The summed E-state index contributed by atoms with van der Waals surface area (Å²) in [4.78, 5) is 8.90. The van der Waals surface area contributed by atoms with Crippen LogP contribution < -0.4 is 20.1 Å². The Bertz CT molecular complexity index is 1180. The molecule has 4 rings (SSSR count). The molecule has 36 heavy (non-hydrogen) atoms. The van der Waals surface area contributed by atoms with Crippen molar-refractivity contribution < 1.29 is 35.8 Å². The number of rotatable bonds is 7. The molecule has 1 fully saturated rings. The van der Waals surface area contributed by atoms with E-state index in [4.69, 9.17) is 0 Å². The van der Waals surface area contributed by atoms with Crippen LogP contribution in [0.15, 0.2) is 54.6 Å². The fourth-order valence-corrected chi connectivity index (χ4v) is 3.92. The smallest absolute Gasteiger partial charge is 0.406 e. The second kappa shape index (κ2) is 10.5. The molecule has 0 unspecified atom stereocenters. The zero-order valence-electron chi connectivity index (χ0n) is 18.8. The van der Waals surface area contributed by atoms with Gasteiger partial charge in [0.15, 0.2) is 0 Å². The van der Waals surface area contributed by atoms with Crippen LogP contribution in [0, 0.1) is 0 Å². The molecule has 1 aromatic heterocycles. The maximum absolute atomic E-state index is 12.7. The van der Waals surface area contributed by atoms with Gasteiger partial charge in [-0.15, -0.1) is 26.3 Å². The average molecular weight is 512 g/mol. The molecule has 192 valence electrons. The Hall–Kier alpha value is -3.70. The first-order valence-corrected chi connectivity index (χ1v) is 11.2. The van der Waals surface area contributed by atoms with E-state index in [-0.39, 0.29) is 23.5 Å². The number of aromatic nitrogens is 2. The minimum atomic E-state index is -4.85. The number of nitrogens with one attached hydrogen (secondary N) is 2. The van der Waals surface area contributed by atoms with E-state index in [0.29, 0.717) is 11.3 Å². The second-order valence-corrected chi connectivity index (χ2v) is 8.22. The van der Waals surface area contributed by atoms with Gasteiger partial charge in [-0.3, -0.25) is 0 Å². The Kier molecular flexibility index (Phi) is 7.41. The van der Waals surface area contributed by atoms with Gasteiger partial charge in [0.1, 0.15) is 17.3 Å². The molecule has 1 saturated carbocycles. The minimum Gasteiger partial charge on any atom is -0.406 e. The van der Waals surface area contributed by atoms with Crippen molar-refractivity contribution in [3.05, 3.63) is 54.6 Å².